The Morgan fingerprint density at radius 3 is 1.74 bits per heavy atom. The molecule has 0 aromatic carbocycles. The molecular weight excluding hydrogens is 705 g/mol. The number of phosphoric acid groups is 1. The van der Waals surface area contributed by atoms with Gasteiger partial charge in [-0.3, -0.25) is 13.8 Å². The molecule has 13 nitrogen and oxygen atoms in total. The van der Waals surface area contributed by atoms with Gasteiger partial charge >= 0.3 is 7.82 Å². The van der Waals surface area contributed by atoms with Crippen LogP contribution >= 0.6 is 7.82 Å². The summed E-state index contributed by atoms with van der Waals surface area (Å²) in [6.45, 7) is 3.61. The highest BCUT2D eigenvalue weighted by Crippen LogP contribution is 2.47. The van der Waals surface area contributed by atoms with E-state index >= 15 is 0 Å². The zero-order valence-electron chi connectivity index (χ0n) is 31.9. The lowest BCUT2D eigenvalue weighted by Gasteiger charge is -2.41. The van der Waals surface area contributed by atoms with Crippen LogP contribution in [0, 0.1) is 0 Å². The summed E-state index contributed by atoms with van der Waals surface area (Å²) in [5, 5.41) is 73.8. The van der Waals surface area contributed by atoms with Gasteiger partial charge in [-0.25, -0.2) is 4.57 Å². The number of rotatable bonds is 30. The lowest BCUT2D eigenvalue weighted by atomic mass is 9.85. The molecule has 1 rings (SSSR count). The lowest BCUT2D eigenvalue weighted by Crippen LogP contribution is -2.64. The van der Waals surface area contributed by atoms with Crippen LogP contribution in [0.15, 0.2) is 48.6 Å². The minimum atomic E-state index is -5.15. The first-order chi connectivity index (χ1) is 25.3. The van der Waals surface area contributed by atoms with Gasteiger partial charge in [0.2, 0.25) is 5.91 Å². The fraction of sp³-hybridized carbons (Fsp3) is 0.769. The Morgan fingerprint density at radius 2 is 1.15 bits per heavy atom. The van der Waals surface area contributed by atoms with Gasteiger partial charge in [-0.2, -0.15) is 0 Å². The van der Waals surface area contributed by atoms with Gasteiger partial charge in [0.25, 0.3) is 0 Å². The molecule has 8 atom stereocenters. The van der Waals surface area contributed by atoms with Crippen LogP contribution in [-0.2, 0) is 18.4 Å². The minimum Gasteiger partial charge on any atom is -0.389 e. The zero-order valence-corrected chi connectivity index (χ0v) is 32.8. The van der Waals surface area contributed by atoms with Crippen LogP contribution in [0.3, 0.4) is 0 Å². The second kappa shape index (κ2) is 29.5. The van der Waals surface area contributed by atoms with Crippen LogP contribution < -0.4 is 5.32 Å². The number of aliphatic hydroxyl groups excluding tert-OH is 7. The second-order valence-corrected chi connectivity index (χ2v) is 15.4. The Labute approximate surface area is 317 Å². The molecule has 308 valence electrons. The van der Waals surface area contributed by atoms with E-state index in [1.807, 2.05) is 6.08 Å². The van der Waals surface area contributed by atoms with E-state index in [0.717, 1.165) is 32.1 Å². The van der Waals surface area contributed by atoms with Gasteiger partial charge in [0.1, 0.15) is 36.6 Å². The van der Waals surface area contributed by atoms with E-state index in [1.54, 1.807) is 12.2 Å². The number of phosphoric ester groups is 1. The molecule has 1 fully saturated rings. The molecule has 0 bridgehead atoms. The smallest absolute Gasteiger partial charge is 0.389 e. The van der Waals surface area contributed by atoms with Gasteiger partial charge in [-0.15, -0.1) is 0 Å². The summed E-state index contributed by atoms with van der Waals surface area (Å²) in [4.78, 5) is 23.2. The molecule has 0 saturated heterocycles. The molecule has 0 radical (unpaired) electrons. The number of hydrogen-bond acceptors (Lipinski definition) is 11. The van der Waals surface area contributed by atoms with Crippen LogP contribution in [0.25, 0.3) is 0 Å². The SMILES string of the molecule is CCCCCCCC/C=C\C/C=C\C(O)CC(=O)NC(COP(=O)(O)OC1C(O)C(O)C(O)C(O)C1O)C(O)/C=C/CC/C=C/CCCCCCCC. The number of hydrogen-bond donors (Lipinski definition) is 9. The van der Waals surface area contributed by atoms with Crippen molar-refractivity contribution in [3.05, 3.63) is 48.6 Å². The van der Waals surface area contributed by atoms with E-state index in [9.17, 15) is 50.0 Å². The molecule has 0 aliphatic heterocycles. The third kappa shape index (κ3) is 22.4. The van der Waals surface area contributed by atoms with Crippen molar-refractivity contribution in [2.75, 3.05) is 6.61 Å². The van der Waals surface area contributed by atoms with Crippen molar-refractivity contribution in [2.24, 2.45) is 0 Å². The van der Waals surface area contributed by atoms with Crippen LogP contribution in [0.5, 0.6) is 0 Å². The van der Waals surface area contributed by atoms with Gasteiger partial charge in [0, 0.05) is 0 Å². The van der Waals surface area contributed by atoms with E-state index in [0.29, 0.717) is 12.8 Å². The van der Waals surface area contributed by atoms with E-state index in [2.05, 4.69) is 37.4 Å². The van der Waals surface area contributed by atoms with Gasteiger partial charge in [-0.1, -0.05) is 127 Å². The number of carbonyl (C=O) groups is 1. The molecule has 0 spiro atoms. The molecule has 1 amide bonds. The van der Waals surface area contributed by atoms with Crippen LogP contribution in [0.1, 0.15) is 129 Å². The average molecular weight is 776 g/mol. The van der Waals surface area contributed by atoms with Crippen molar-refractivity contribution in [3.63, 3.8) is 0 Å². The van der Waals surface area contributed by atoms with Crippen molar-refractivity contribution in [2.45, 2.75) is 184 Å². The molecule has 53 heavy (non-hydrogen) atoms. The molecule has 0 aromatic rings. The highest BCUT2D eigenvalue weighted by molar-refractivity contribution is 7.47. The van der Waals surface area contributed by atoms with E-state index in [1.165, 1.54) is 76.4 Å². The topological polar surface area (TPSA) is 226 Å². The summed E-state index contributed by atoms with van der Waals surface area (Å²) in [6.07, 6.45) is 18.3. The summed E-state index contributed by atoms with van der Waals surface area (Å²) in [7, 11) is -5.15. The summed E-state index contributed by atoms with van der Waals surface area (Å²) in [6, 6.07) is -1.29. The lowest BCUT2D eigenvalue weighted by molar-refractivity contribution is -0.220. The van der Waals surface area contributed by atoms with Gasteiger partial charge in [-0.05, 0) is 44.9 Å². The van der Waals surface area contributed by atoms with E-state index < -0.39 is 75.2 Å². The summed E-state index contributed by atoms with van der Waals surface area (Å²) in [5.74, 6) is -0.675. The molecule has 1 aliphatic rings. The monoisotopic (exact) mass is 775 g/mol. The first kappa shape index (κ1) is 49.3. The predicted octanol–water partition coefficient (Wildman–Crippen LogP) is 4.80. The summed E-state index contributed by atoms with van der Waals surface area (Å²) >= 11 is 0. The molecule has 8 unspecified atom stereocenters. The van der Waals surface area contributed by atoms with E-state index in [4.69, 9.17) is 9.05 Å². The second-order valence-electron chi connectivity index (χ2n) is 13.9. The predicted molar refractivity (Wildman–Crippen MR) is 206 cm³/mol. The summed E-state index contributed by atoms with van der Waals surface area (Å²) < 4.78 is 22.7. The van der Waals surface area contributed by atoms with Crippen molar-refractivity contribution in [1.29, 1.82) is 0 Å². The Bertz CT molecular complexity index is 1100. The largest absolute Gasteiger partial charge is 0.472 e. The molecule has 0 heterocycles. The van der Waals surface area contributed by atoms with Crippen LogP contribution in [0.2, 0.25) is 0 Å². The van der Waals surface area contributed by atoms with Gasteiger partial charge < -0.3 is 46.0 Å². The molecule has 1 saturated carbocycles. The number of unbranched alkanes of at least 4 members (excludes halogenated alkanes) is 13. The third-order valence-corrected chi connectivity index (χ3v) is 10.1. The fourth-order valence-electron chi connectivity index (χ4n) is 5.84. The Hall–Kier alpha value is -1.74. The normalized spacial score (nSPS) is 25.4. The van der Waals surface area contributed by atoms with Crippen molar-refractivity contribution < 1.29 is 59.0 Å². The number of carbonyl (C=O) groups excluding carboxylic acids is 1. The maximum atomic E-state index is 12.8. The summed E-state index contributed by atoms with van der Waals surface area (Å²) in [5.41, 5.74) is 0. The Kier molecular flexibility index (Phi) is 27.5. The average Bonchev–Trinajstić information content (AvgIpc) is 3.12. The van der Waals surface area contributed by atoms with Gasteiger partial charge in [0.15, 0.2) is 0 Å². The van der Waals surface area contributed by atoms with Crippen LogP contribution in [-0.4, -0.2) is 108 Å². The molecule has 1 aliphatic carbocycles. The molecular formula is C39H70NO12P. The Balaban J connectivity index is 2.74. The minimum absolute atomic E-state index is 0.361. The number of allylic oxidation sites excluding steroid dienone is 6. The molecule has 9 N–H and O–H groups in total. The molecule has 14 heteroatoms. The fourth-order valence-corrected chi connectivity index (χ4v) is 6.81. The standard InChI is InChI=1S/C39H70NO12P/c1-3-5-7-9-11-13-15-17-19-21-23-25-27-32(42)31(29-51-53(49,50)52-39-37(47)35(45)34(44)36(46)38(39)48)40-33(43)28-30(41)26-24-22-20-18-16-14-12-10-8-6-4-2/h17-20,24-27,30-32,34-39,41-42,44-48H,3-16,21-23,28-29H2,1-2H3,(H,40,43)(H,49,50)/b19-17+,20-18-,26-24-,27-25+. The quantitative estimate of drug-likeness (QED) is 0.0273. The van der Waals surface area contributed by atoms with Crippen molar-refractivity contribution >= 4 is 13.7 Å². The van der Waals surface area contributed by atoms with Crippen molar-refractivity contribution in [3.8, 4) is 0 Å². The van der Waals surface area contributed by atoms with E-state index in [-0.39, 0.29) is 6.42 Å². The maximum absolute atomic E-state index is 12.8. The highest BCUT2D eigenvalue weighted by atomic mass is 31.2. The Morgan fingerprint density at radius 1 is 0.660 bits per heavy atom. The first-order valence-corrected chi connectivity index (χ1v) is 21.2. The molecule has 0 aromatic heterocycles. The highest BCUT2D eigenvalue weighted by Gasteiger charge is 2.51. The third-order valence-electron chi connectivity index (χ3n) is 9.14. The number of nitrogens with one attached hydrogen (secondary N) is 1. The number of aliphatic hydroxyl groups is 7. The van der Waals surface area contributed by atoms with Crippen molar-refractivity contribution in [1.82, 2.24) is 5.32 Å². The van der Waals surface area contributed by atoms with Gasteiger partial charge in [0.05, 0.1) is 31.3 Å². The maximum Gasteiger partial charge on any atom is 0.472 e. The zero-order chi connectivity index (χ0) is 39.5. The van der Waals surface area contributed by atoms with Crippen LogP contribution in [0.4, 0.5) is 0 Å². The first-order valence-electron chi connectivity index (χ1n) is 19.7. The number of amides is 1.